The summed E-state index contributed by atoms with van der Waals surface area (Å²) in [5, 5.41) is 14.6. The number of para-hydroxylation sites is 2. The number of nitrogens with zero attached hydrogens (tertiary/aromatic N) is 1. The van der Waals surface area contributed by atoms with Gasteiger partial charge in [-0.25, -0.2) is 4.79 Å². The Bertz CT molecular complexity index is 501. The van der Waals surface area contributed by atoms with Crippen LogP contribution in [-0.4, -0.2) is 61.2 Å². The quantitative estimate of drug-likeness (QED) is 0.683. The molecule has 0 bridgehead atoms. The monoisotopic (exact) mass is 293 g/mol. The molecule has 0 spiro atoms. The number of ether oxygens (including phenoxy) is 1. The molecule has 2 rings (SSSR count). The van der Waals surface area contributed by atoms with Gasteiger partial charge in [-0.2, -0.15) is 0 Å². The highest BCUT2D eigenvalue weighted by Gasteiger charge is 2.15. The van der Waals surface area contributed by atoms with E-state index < -0.39 is 12.6 Å². The standard InChI is InChI=1S/C14H19N3O4/c18-13(9-17-7-5-15-6-8-17)16-11-3-1-2-4-12(11)21-10-14(19)20/h1-4,15H,5-10H2,(H,16,18)(H,19,20). The molecule has 1 amide bonds. The average molecular weight is 293 g/mol. The smallest absolute Gasteiger partial charge is 0.341 e. The molecule has 1 saturated heterocycles. The van der Waals surface area contributed by atoms with Crippen molar-refractivity contribution in [3.63, 3.8) is 0 Å². The van der Waals surface area contributed by atoms with Crippen LogP contribution in [0, 0.1) is 0 Å². The van der Waals surface area contributed by atoms with Gasteiger partial charge in [-0.05, 0) is 12.1 Å². The molecule has 1 fully saturated rings. The molecule has 0 unspecified atom stereocenters. The van der Waals surface area contributed by atoms with E-state index in [4.69, 9.17) is 9.84 Å². The van der Waals surface area contributed by atoms with Gasteiger partial charge in [0.05, 0.1) is 12.2 Å². The highest BCUT2D eigenvalue weighted by molar-refractivity contribution is 5.93. The van der Waals surface area contributed by atoms with Crippen molar-refractivity contribution in [1.29, 1.82) is 0 Å². The summed E-state index contributed by atoms with van der Waals surface area (Å²) in [6, 6.07) is 6.80. The summed E-state index contributed by atoms with van der Waals surface area (Å²) in [6.45, 7) is 3.31. The Hall–Kier alpha value is -2.12. The van der Waals surface area contributed by atoms with Gasteiger partial charge < -0.3 is 20.5 Å². The van der Waals surface area contributed by atoms with Gasteiger partial charge in [-0.1, -0.05) is 12.1 Å². The number of carboxylic acids is 1. The molecule has 0 aromatic heterocycles. The van der Waals surface area contributed by atoms with Crippen molar-refractivity contribution < 1.29 is 19.4 Å². The Morgan fingerprint density at radius 2 is 2.00 bits per heavy atom. The fraction of sp³-hybridized carbons (Fsp3) is 0.429. The number of benzene rings is 1. The van der Waals surface area contributed by atoms with Crippen molar-refractivity contribution >= 4 is 17.6 Å². The number of hydrogen-bond donors (Lipinski definition) is 3. The van der Waals surface area contributed by atoms with Gasteiger partial charge in [0, 0.05) is 26.2 Å². The Labute approximate surface area is 122 Å². The zero-order chi connectivity index (χ0) is 15.1. The van der Waals surface area contributed by atoms with Gasteiger partial charge >= 0.3 is 5.97 Å². The lowest BCUT2D eigenvalue weighted by molar-refractivity contribution is -0.139. The van der Waals surface area contributed by atoms with Crippen LogP contribution in [0.5, 0.6) is 5.75 Å². The molecule has 3 N–H and O–H groups in total. The molecule has 0 radical (unpaired) electrons. The Morgan fingerprint density at radius 3 is 2.71 bits per heavy atom. The molecule has 1 aromatic rings. The molecule has 7 heteroatoms. The number of carbonyl (C=O) groups is 2. The first-order valence-electron chi connectivity index (χ1n) is 6.81. The summed E-state index contributed by atoms with van der Waals surface area (Å²) >= 11 is 0. The molecule has 1 heterocycles. The van der Waals surface area contributed by atoms with E-state index in [1.54, 1.807) is 24.3 Å². The van der Waals surface area contributed by atoms with E-state index in [1.807, 2.05) is 0 Å². The van der Waals surface area contributed by atoms with Gasteiger partial charge in [0.1, 0.15) is 5.75 Å². The summed E-state index contributed by atoms with van der Waals surface area (Å²) in [6.07, 6.45) is 0. The lowest BCUT2D eigenvalue weighted by Crippen LogP contribution is -2.46. The maximum absolute atomic E-state index is 12.0. The van der Waals surface area contributed by atoms with Crippen LogP contribution < -0.4 is 15.4 Å². The molecule has 1 aromatic carbocycles. The number of carboxylic acid groups (broad SMARTS) is 1. The molecular weight excluding hydrogens is 274 g/mol. The maximum Gasteiger partial charge on any atom is 0.341 e. The van der Waals surface area contributed by atoms with Gasteiger partial charge in [0.2, 0.25) is 5.91 Å². The van der Waals surface area contributed by atoms with Crippen LogP contribution >= 0.6 is 0 Å². The molecule has 1 aliphatic rings. The first-order valence-corrected chi connectivity index (χ1v) is 6.81. The summed E-state index contributed by atoms with van der Waals surface area (Å²) in [7, 11) is 0. The van der Waals surface area contributed by atoms with Crippen LogP contribution in [0.3, 0.4) is 0 Å². The van der Waals surface area contributed by atoms with Crippen LogP contribution in [-0.2, 0) is 9.59 Å². The topological polar surface area (TPSA) is 90.9 Å². The zero-order valence-corrected chi connectivity index (χ0v) is 11.7. The van der Waals surface area contributed by atoms with Crippen molar-refractivity contribution in [3.05, 3.63) is 24.3 Å². The van der Waals surface area contributed by atoms with Crippen LogP contribution in [0.25, 0.3) is 0 Å². The largest absolute Gasteiger partial charge is 0.480 e. The third-order valence-electron chi connectivity index (χ3n) is 3.09. The first kappa shape index (κ1) is 15.3. The van der Waals surface area contributed by atoms with E-state index in [0.29, 0.717) is 18.0 Å². The Balaban J connectivity index is 1.91. The number of hydrogen-bond acceptors (Lipinski definition) is 5. The second-order valence-electron chi connectivity index (χ2n) is 4.75. The third-order valence-corrected chi connectivity index (χ3v) is 3.09. The lowest BCUT2D eigenvalue weighted by atomic mass is 10.3. The zero-order valence-electron chi connectivity index (χ0n) is 11.7. The minimum Gasteiger partial charge on any atom is -0.480 e. The van der Waals surface area contributed by atoms with Gasteiger partial charge in [-0.15, -0.1) is 0 Å². The van der Waals surface area contributed by atoms with E-state index in [0.717, 1.165) is 26.2 Å². The number of carbonyl (C=O) groups excluding carboxylic acids is 1. The third kappa shape index (κ3) is 5.05. The van der Waals surface area contributed by atoms with Gasteiger partial charge in [-0.3, -0.25) is 9.69 Å². The van der Waals surface area contributed by atoms with Crippen LogP contribution in [0.1, 0.15) is 0 Å². The van der Waals surface area contributed by atoms with Crippen molar-refractivity contribution in [2.75, 3.05) is 44.6 Å². The lowest BCUT2D eigenvalue weighted by Gasteiger charge is -2.26. The number of piperazine rings is 1. The summed E-state index contributed by atoms with van der Waals surface area (Å²) in [5.41, 5.74) is 0.485. The Morgan fingerprint density at radius 1 is 1.29 bits per heavy atom. The minimum absolute atomic E-state index is 0.136. The van der Waals surface area contributed by atoms with Crippen molar-refractivity contribution in [2.24, 2.45) is 0 Å². The predicted octanol–water partition coefficient (Wildman–Crippen LogP) is -0.00630. The normalized spacial score (nSPS) is 15.4. The van der Waals surface area contributed by atoms with E-state index in [2.05, 4.69) is 15.5 Å². The van der Waals surface area contributed by atoms with E-state index >= 15 is 0 Å². The number of anilines is 1. The summed E-state index contributed by atoms with van der Waals surface area (Å²) in [5.74, 6) is -0.839. The van der Waals surface area contributed by atoms with Crippen molar-refractivity contribution in [3.8, 4) is 5.75 Å². The fourth-order valence-corrected chi connectivity index (χ4v) is 2.10. The second-order valence-corrected chi connectivity index (χ2v) is 4.75. The van der Waals surface area contributed by atoms with Crippen LogP contribution in [0.15, 0.2) is 24.3 Å². The Kier molecular flexibility index (Phi) is 5.53. The van der Waals surface area contributed by atoms with Gasteiger partial charge in [0.15, 0.2) is 6.61 Å². The number of amides is 1. The first-order chi connectivity index (χ1) is 10.1. The number of rotatable bonds is 6. The van der Waals surface area contributed by atoms with E-state index in [1.165, 1.54) is 0 Å². The highest BCUT2D eigenvalue weighted by Crippen LogP contribution is 2.23. The predicted molar refractivity (Wildman–Crippen MR) is 77.5 cm³/mol. The SMILES string of the molecule is O=C(O)COc1ccccc1NC(=O)CN1CCNCC1. The average Bonchev–Trinajstić information content (AvgIpc) is 2.47. The maximum atomic E-state index is 12.0. The van der Waals surface area contributed by atoms with Crippen molar-refractivity contribution in [1.82, 2.24) is 10.2 Å². The van der Waals surface area contributed by atoms with Crippen molar-refractivity contribution in [2.45, 2.75) is 0 Å². The number of aliphatic carboxylic acids is 1. The highest BCUT2D eigenvalue weighted by atomic mass is 16.5. The van der Waals surface area contributed by atoms with Gasteiger partial charge in [0.25, 0.3) is 0 Å². The molecule has 21 heavy (non-hydrogen) atoms. The molecular formula is C14H19N3O4. The second kappa shape index (κ2) is 7.61. The minimum atomic E-state index is -1.06. The number of nitrogens with one attached hydrogen (secondary N) is 2. The molecule has 1 aliphatic heterocycles. The molecule has 0 aliphatic carbocycles. The van der Waals surface area contributed by atoms with Crippen LogP contribution in [0.2, 0.25) is 0 Å². The summed E-state index contributed by atoms with van der Waals surface area (Å²) in [4.78, 5) is 24.6. The molecule has 0 atom stereocenters. The summed E-state index contributed by atoms with van der Waals surface area (Å²) < 4.78 is 5.15. The molecule has 0 saturated carbocycles. The van der Waals surface area contributed by atoms with E-state index in [9.17, 15) is 9.59 Å². The van der Waals surface area contributed by atoms with E-state index in [-0.39, 0.29) is 5.91 Å². The fourth-order valence-electron chi connectivity index (χ4n) is 2.10. The molecule has 7 nitrogen and oxygen atoms in total. The molecule has 114 valence electrons. The van der Waals surface area contributed by atoms with Crippen LogP contribution in [0.4, 0.5) is 5.69 Å².